The number of carboxylic acid groups (broad SMARTS) is 1. The average Bonchev–Trinajstić information content (AvgIpc) is 2.97. The summed E-state index contributed by atoms with van der Waals surface area (Å²) in [4.78, 5) is 23.6. The Bertz CT molecular complexity index is 604. The van der Waals surface area contributed by atoms with Crippen LogP contribution in [0.25, 0.3) is 0 Å². The third-order valence-electron chi connectivity index (χ3n) is 3.93. The van der Waals surface area contributed by atoms with E-state index in [-0.39, 0.29) is 17.0 Å². The predicted molar refractivity (Wildman–Crippen MR) is 85.4 cm³/mol. The lowest BCUT2D eigenvalue weighted by Crippen LogP contribution is -2.40. The zero-order valence-corrected chi connectivity index (χ0v) is 13.9. The van der Waals surface area contributed by atoms with Gasteiger partial charge < -0.3 is 19.9 Å². The second-order valence-electron chi connectivity index (χ2n) is 5.38. The number of ether oxygens (including phenoxy) is 2. The van der Waals surface area contributed by atoms with Crippen molar-refractivity contribution in [1.82, 2.24) is 5.32 Å². The number of carbonyl (C=O) groups is 2. The van der Waals surface area contributed by atoms with E-state index < -0.39 is 11.9 Å². The summed E-state index contributed by atoms with van der Waals surface area (Å²) < 4.78 is 10.6. The molecule has 6 nitrogen and oxygen atoms in total. The molecule has 1 aromatic carbocycles. The van der Waals surface area contributed by atoms with Crippen molar-refractivity contribution in [2.75, 3.05) is 13.7 Å². The molecule has 2 rings (SSSR count). The average molecular weight is 342 g/mol. The lowest BCUT2D eigenvalue weighted by Gasteiger charge is -2.18. The lowest BCUT2D eigenvalue weighted by molar-refractivity contribution is -0.142. The van der Waals surface area contributed by atoms with E-state index in [0.29, 0.717) is 36.5 Å². The number of rotatable bonds is 6. The summed E-state index contributed by atoms with van der Waals surface area (Å²) in [5, 5.41) is 12.2. The Morgan fingerprint density at radius 3 is 2.74 bits per heavy atom. The minimum absolute atomic E-state index is 0.276. The summed E-state index contributed by atoms with van der Waals surface area (Å²) in [7, 11) is 1.47. The van der Waals surface area contributed by atoms with Crippen LogP contribution in [0.3, 0.4) is 0 Å². The molecular weight excluding hydrogens is 322 g/mol. The first kappa shape index (κ1) is 17.4. The van der Waals surface area contributed by atoms with Crippen LogP contribution in [0.4, 0.5) is 0 Å². The third-order valence-corrected chi connectivity index (χ3v) is 4.21. The summed E-state index contributed by atoms with van der Waals surface area (Å²) in [5.74, 6) is -1.04. The molecule has 0 bridgehead atoms. The highest BCUT2D eigenvalue weighted by molar-refractivity contribution is 6.32. The van der Waals surface area contributed by atoms with E-state index in [1.165, 1.54) is 19.2 Å². The Morgan fingerprint density at radius 2 is 2.13 bits per heavy atom. The highest BCUT2D eigenvalue weighted by Gasteiger charge is 2.34. The van der Waals surface area contributed by atoms with Gasteiger partial charge in [0.2, 0.25) is 0 Å². The fourth-order valence-electron chi connectivity index (χ4n) is 2.82. The summed E-state index contributed by atoms with van der Waals surface area (Å²) >= 11 is 6.15. The minimum Gasteiger partial charge on any atom is -0.493 e. The first-order chi connectivity index (χ1) is 11.0. The van der Waals surface area contributed by atoms with Gasteiger partial charge in [0.15, 0.2) is 11.5 Å². The van der Waals surface area contributed by atoms with Crippen molar-refractivity contribution in [3.05, 3.63) is 22.7 Å². The second-order valence-corrected chi connectivity index (χ2v) is 5.79. The van der Waals surface area contributed by atoms with E-state index in [1.807, 2.05) is 6.92 Å². The Labute approximate surface area is 139 Å². The first-order valence-electron chi connectivity index (χ1n) is 7.51. The number of halogens is 1. The molecule has 2 N–H and O–H groups in total. The fraction of sp³-hybridized carbons (Fsp3) is 0.500. The molecule has 7 heteroatoms. The maximum Gasteiger partial charge on any atom is 0.308 e. The van der Waals surface area contributed by atoms with E-state index in [4.69, 9.17) is 21.1 Å². The highest BCUT2D eigenvalue weighted by atomic mass is 35.5. The third kappa shape index (κ3) is 3.88. The van der Waals surface area contributed by atoms with Crippen molar-refractivity contribution >= 4 is 23.5 Å². The summed E-state index contributed by atoms with van der Waals surface area (Å²) in [6.07, 6.45) is 2.02. The summed E-state index contributed by atoms with van der Waals surface area (Å²) in [5.41, 5.74) is 0.311. The van der Waals surface area contributed by atoms with E-state index >= 15 is 0 Å². The van der Waals surface area contributed by atoms with E-state index in [9.17, 15) is 14.7 Å². The van der Waals surface area contributed by atoms with Crippen LogP contribution in [0.1, 0.15) is 36.5 Å². The van der Waals surface area contributed by atoms with Crippen LogP contribution in [0.2, 0.25) is 5.02 Å². The van der Waals surface area contributed by atoms with Crippen LogP contribution in [0.15, 0.2) is 12.1 Å². The number of carbonyl (C=O) groups excluding carboxylic acids is 1. The van der Waals surface area contributed by atoms with Gasteiger partial charge in [-0.05, 0) is 31.9 Å². The van der Waals surface area contributed by atoms with Crippen molar-refractivity contribution < 1.29 is 24.2 Å². The Hall–Kier alpha value is -1.95. The van der Waals surface area contributed by atoms with E-state index in [0.717, 1.165) is 6.42 Å². The van der Waals surface area contributed by atoms with Gasteiger partial charge in [-0.15, -0.1) is 0 Å². The number of carboxylic acids is 1. The van der Waals surface area contributed by atoms with Crippen LogP contribution in [0.5, 0.6) is 11.5 Å². The molecule has 2 atom stereocenters. The number of benzene rings is 1. The van der Waals surface area contributed by atoms with Gasteiger partial charge in [-0.3, -0.25) is 9.59 Å². The molecule has 0 aliphatic heterocycles. The zero-order valence-electron chi connectivity index (χ0n) is 13.1. The maximum absolute atomic E-state index is 12.4. The Morgan fingerprint density at radius 1 is 1.39 bits per heavy atom. The van der Waals surface area contributed by atoms with Crippen molar-refractivity contribution in [2.45, 2.75) is 32.2 Å². The van der Waals surface area contributed by atoms with Gasteiger partial charge in [0.1, 0.15) is 0 Å². The minimum atomic E-state index is -0.880. The Balaban J connectivity index is 2.19. The summed E-state index contributed by atoms with van der Waals surface area (Å²) in [6, 6.07) is 2.67. The number of amides is 1. The van der Waals surface area contributed by atoms with Gasteiger partial charge in [-0.2, -0.15) is 0 Å². The smallest absolute Gasteiger partial charge is 0.308 e. The highest BCUT2D eigenvalue weighted by Crippen LogP contribution is 2.36. The number of hydrogen-bond donors (Lipinski definition) is 2. The van der Waals surface area contributed by atoms with Crippen LogP contribution in [0, 0.1) is 5.92 Å². The number of nitrogens with one attached hydrogen (secondary N) is 1. The molecule has 1 aliphatic rings. The van der Waals surface area contributed by atoms with Crippen molar-refractivity contribution in [1.29, 1.82) is 0 Å². The van der Waals surface area contributed by atoms with Gasteiger partial charge in [-0.1, -0.05) is 18.0 Å². The largest absolute Gasteiger partial charge is 0.493 e. The normalized spacial score (nSPS) is 20.1. The van der Waals surface area contributed by atoms with Gasteiger partial charge in [0.05, 0.1) is 24.7 Å². The zero-order chi connectivity index (χ0) is 17.0. The first-order valence-corrected chi connectivity index (χ1v) is 7.89. The molecule has 1 fully saturated rings. The fourth-order valence-corrected chi connectivity index (χ4v) is 3.08. The monoisotopic (exact) mass is 341 g/mol. The lowest BCUT2D eigenvalue weighted by atomic mass is 10.0. The predicted octanol–water partition coefficient (Wildman–Crippen LogP) is 2.73. The molecule has 1 aromatic rings. The SMILES string of the molecule is CCOc1c(Cl)cc(C(=O)N[C@@H]2CCC[C@@H]2C(=O)O)cc1OC. The molecule has 0 saturated heterocycles. The van der Waals surface area contributed by atoms with Gasteiger partial charge >= 0.3 is 5.97 Å². The van der Waals surface area contributed by atoms with E-state index in [2.05, 4.69) is 5.32 Å². The molecule has 0 radical (unpaired) electrons. The molecule has 0 aromatic heterocycles. The molecule has 1 saturated carbocycles. The Kier molecular flexibility index (Phi) is 5.71. The van der Waals surface area contributed by atoms with Gasteiger partial charge in [-0.25, -0.2) is 0 Å². The van der Waals surface area contributed by atoms with Crippen LogP contribution >= 0.6 is 11.6 Å². The second kappa shape index (κ2) is 7.55. The van der Waals surface area contributed by atoms with Crippen molar-refractivity contribution in [2.24, 2.45) is 5.92 Å². The molecule has 0 spiro atoms. The number of hydrogen-bond acceptors (Lipinski definition) is 4. The quantitative estimate of drug-likeness (QED) is 0.831. The molecule has 126 valence electrons. The van der Waals surface area contributed by atoms with Gasteiger partial charge in [0.25, 0.3) is 5.91 Å². The number of aliphatic carboxylic acids is 1. The molecule has 1 amide bonds. The van der Waals surface area contributed by atoms with E-state index in [1.54, 1.807) is 0 Å². The molecule has 0 unspecified atom stereocenters. The molecule has 0 heterocycles. The van der Waals surface area contributed by atoms with Crippen LogP contribution < -0.4 is 14.8 Å². The standard InChI is InChI=1S/C16H20ClNO5/c1-3-23-14-11(17)7-9(8-13(14)22-2)15(19)18-12-6-4-5-10(12)16(20)21/h7-8,10,12H,3-6H2,1-2H3,(H,18,19)(H,20,21)/t10-,12+/m0/s1. The van der Waals surface area contributed by atoms with Crippen molar-refractivity contribution in [3.63, 3.8) is 0 Å². The topological polar surface area (TPSA) is 84.9 Å². The van der Waals surface area contributed by atoms with Crippen LogP contribution in [-0.2, 0) is 4.79 Å². The maximum atomic E-state index is 12.4. The number of methoxy groups -OCH3 is 1. The molecular formula is C16H20ClNO5. The summed E-state index contributed by atoms with van der Waals surface area (Å²) in [6.45, 7) is 2.24. The van der Waals surface area contributed by atoms with Crippen LogP contribution in [-0.4, -0.2) is 36.7 Å². The molecule has 1 aliphatic carbocycles. The molecule has 23 heavy (non-hydrogen) atoms. The van der Waals surface area contributed by atoms with Crippen molar-refractivity contribution in [3.8, 4) is 11.5 Å². The van der Waals surface area contributed by atoms with Gasteiger partial charge in [0, 0.05) is 11.6 Å².